The zero-order valence-electron chi connectivity index (χ0n) is 41.8. The molecule has 0 radical (unpaired) electrons. The number of aromatic nitrogens is 2. The third-order valence-electron chi connectivity index (χ3n) is 13.8. The highest BCUT2D eigenvalue weighted by Crippen LogP contribution is 2.49. The van der Waals surface area contributed by atoms with Gasteiger partial charge in [-0.05, 0) is 128 Å². The minimum Gasteiger partial charge on any atom is -0.457 e. The number of ether oxygens (including phenoxy) is 1. The number of nitrogens with zero attached hydrogens (tertiary/aromatic N) is 4. The molecule has 0 spiro atoms. The third-order valence-corrected chi connectivity index (χ3v) is 13.8. The number of hydrogen-bond donors (Lipinski definition) is 0. The van der Waals surface area contributed by atoms with E-state index >= 15 is 0 Å². The van der Waals surface area contributed by atoms with E-state index in [1.165, 1.54) is 61.2 Å². The number of pyridine rings is 1. The van der Waals surface area contributed by atoms with Gasteiger partial charge in [0.2, 0.25) is 0 Å². The molecular weight excluding hydrogens is 805 g/mol. The summed E-state index contributed by atoms with van der Waals surface area (Å²) in [5.41, 5.74) is 14.4. The molecule has 1 aliphatic heterocycles. The van der Waals surface area contributed by atoms with E-state index in [0.29, 0.717) is 6.67 Å². The van der Waals surface area contributed by atoms with Gasteiger partial charge in [0.05, 0.1) is 22.4 Å². The number of fused-ring (bicyclic) bond motifs is 4. The number of rotatable bonds is 7. The lowest BCUT2D eigenvalue weighted by Crippen LogP contribution is -2.25. The Labute approximate surface area is 394 Å². The van der Waals surface area contributed by atoms with Crippen LogP contribution in [0.25, 0.3) is 27.6 Å². The summed E-state index contributed by atoms with van der Waals surface area (Å²) in [6.45, 7) is 32.8. The molecule has 0 amide bonds. The molecule has 0 N–H and O–H groups in total. The molecule has 6 aromatic carbocycles. The van der Waals surface area contributed by atoms with E-state index in [0.717, 1.165) is 34.0 Å². The van der Waals surface area contributed by atoms with Crippen molar-refractivity contribution in [3.05, 3.63) is 179 Å². The second kappa shape index (κ2) is 15.9. The van der Waals surface area contributed by atoms with Gasteiger partial charge in [-0.25, -0.2) is 4.98 Å². The summed E-state index contributed by atoms with van der Waals surface area (Å²) in [6, 6.07) is 51.5. The Hall–Kier alpha value is -6.33. The minimum atomic E-state index is -0.194. The van der Waals surface area contributed by atoms with Crippen molar-refractivity contribution in [1.82, 2.24) is 9.55 Å². The van der Waals surface area contributed by atoms with Crippen LogP contribution in [0.15, 0.2) is 146 Å². The molecular formula is C61H68N4O. The molecule has 3 heterocycles. The van der Waals surface area contributed by atoms with Gasteiger partial charge in [0.1, 0.15) is 24.0 Å². The molecule has 0 saturated heterocycles. The molecule has 66 heavy (non-hydrogen) atoms. The van der Waals surface area contributed by atoms with E-state index < -0.39 is 0 Å². The van der Waals surface area contributed by atoms with E-state index in [2.05, 4.69) is 251 Å². The first-order valence-electron chi connectivity index (χ1n) is 23.7. The predicted molar refractivity (Wildman–Crippen MR) is 280 cm³/mol. The smallest absolute Gasteiger partial charge is 0.137 e. The van der Waals surface area contributed by atoms with Crippen molar-refractivity contribution in [2.45, 2.75) is 124 Å². The SMILES string of the molecule is CC(C)(C)c1cc(N2CN(c3cccc(Oc4ccc5c6cc(C(C)(C)C)ccc6n(-c6cc(C(C)(C)C)ccn6)c5c4)c3)c3ccc(C(C)(C)c4ccccc4)cc32)cc(C(C)(C)C)c1. The Kier molecular flexibility index (Phi) is 10.8. The van der Waals surface area contributed by atoms with Crippen LogP contribution in [0.5, 0.6) is 11.5 Å². The second-order valence-corrected chi connectivity index (χ2v) is 23.2. The summed E-state index contributed by atoms with van der Waals surface area (Å²) in [7, 11) is 0. The standard InChI is InChI=1S/C61H68N4O/c1-57(2,3)41-23-27-52-51(34-41)50-26-25-49(38-54(50)65(52)56-36-42(29-30-62-56)58(4,5)6)66-48-22-18-21-46(37-48)63-39-64(47-32-44(59(7,8)9)31-45(33-47)60(10,11)12)55-35-43(24-28-53(55)63)61(13,14)40-19-16-15-17-20-40/h15-38H,39H2,1-14H3. The highest BCUT2D eigenvalue weighted by Gasteiger charge is 2.33. The van der Waals surface area contributed by atoms with Crippen molar-refractivity contribution < 1.29 is 4.74 Å². The first-order chi connectivity index (χ1) is 31.0. The van der Waals surface area contributed by atoms with E-state index in [-0.39, 0.29) is 27.1 Å². The van der Waals surface area contributed by atoms with Crippen molar-refractivity contribution in [1.29, 1.82) is 0 Å². The van der Waals surface area contributed by atoms with Crippen LogP contribution in [0.1, 0.15) is 130 Å². The van der Waals surface area contributed by atoms with Crippen molar-refractivity contribution in [3.8, 4) is 17.3 Å². The van der Waals surface area contributed by atoms with Crippen molar-refractivity contribution >= 4 is 44.6 Å². The lowest BCUT2D eigenvalue weighted by molar-refractivity contribution is 0.483. The second-order valence-electron chi connectivity index (χ2n) is 23.2. The lowest BCUT2D eigenvalue weighted by Gasteiger charge is -2.30. The molecule has 0 unspecified atom stereocenters. The summed E-state index contributed by atoms with van der Waals surface area (Å²) >= 11 is 0. The van der Waals surface area contributed by atoms with Gasteiger partial charge < -0.3 is 14.5 Å². The monoisotopic (exact) mass is 873 g/mol. The fraction of sp³-hybridized carbons (Fsp3) is 0.328. The first-order valence-corrected chi connectivity index (χ1v) is 23.7. The van der Waals surface area contributed by atoms with E-state index in [1.807, 2.05) is 6.20 Å². The largest absolute Gasteiger partial charge is 0.457 e. The molecule has 0 saturated carbocycles. The number of hydrogen-bond acceptors (Lipinski definition) is 4. The maximum absolute atomic E-state index is 6.87. The topological polar surface area (TPSA) is 33.5 Å². The van der Waals surface area contributed by atoms with Crippen molar-refractivity contribution in [3.63, 3.8) is 0 Å². The van der Waals surface area contributed by atoms with E-state index in [4.69, 9.17) is 9.72 Å². The van der Waals surface area contributed by atoms with Crippen molar-refractivity contribution in [2.24, 2.45) is 0 Å². The molecule has 5 nitrogen and oxygen atoms in total. The van der Waals surface area contributed by atoms with Gasteiger partial charge in [-0.2, -0.15) is 0 Å². The van der Waals surface area contributed by atoms with Gasteiger partial charge in [-0.15, -0.1) is 0 Å². The van der Waals surface area contributed by atoms with Crippen molar-refractivity contribution in [2.75, 3.05) is 16.5 Å². The zero-order valence-corrected chi connectivity index (χ0v) is 41.8. The summed E-state index contributed by atoms with van der Waals surface area (Å²) in [5, 5.41) is 2.39. The molecule has 0 aliphatic carbocycles. The van der Waals surface area contributed by atoms with Gasteiger partial charge in [0.15, 0.2) is 0 Å². The van der Waals surface area contributed by atoms with Crippen LogP contribution >= 0.6 is 0 Å². The van der Waals surface area contributed by atoms with Gasteiger partial charge in [0, 0.05) is 45.9 Å². The Morgan fingerprint density at radius 1 is 0.409 bits per heavy atom. The van der Waals surface area contributed by atoms with Crippen LogP contribution < -0.4 is 14.5 Å². The van der Waals surface area contributed by atoms with Crippen LogP contribution in [0.2, 0.25) is 0 Å². The van der Waals surface area contributed by atoms with Crippen LogP contribution in [-0.2, 0) is 27.1 Å². The molecule has 5 heteroatoms. The first kappa shape index (κ1) is 44.9. The molecule has 0 fully saturated rings. The quantitative estimate of drug-likeness (QED) is 0.160. The predicted octanol–water partition coefficient (Wildman–Crippen LogP) is 16.7. The number of benzene rings is 6. The molecule has 0 atom stereocenters. The maximum Gasteiger partial charge on any atom is 0.137 e. The van der Waals surface area contributed by atoms with Gasteiger partial charge >= 0.3 is 0 Å². The Morgan fingerprint density at radius 3 is 1.70 bits per heavy atom. The van der Waals surface area contributed by atoms with Crippen LogP contribution in [0, 0.1) is 0 Å². The summed E-state index contributed by atoms with van der Waals surface area (Å²) in [4.78, 5) is 9.91. The zero-order chi connectivity index (χ0) is 47.1. The third kappa shape index (κ3) is 8.38. The molecule has 338 valence electrons. The van der Waals surface area contributed by atoms with Gasteiger partial charge in [0.25, 0.3) is 0 Å². The molecule has 2 aromatic heterocycles. The fourth-order valence-electron chi connectivity index (χ4n) is 9.38. The average Bonchev–Trinajstić information content (AvgIpc) is 3.81. The average molecular weight is 873 g/mol. The fourth-order valence-corrected chi connectivity index (χ4v) is 9.38. The van der Waals surface area contributed by atoms with E-state index in [1.54, 1.807) is 0 Å². The summed E-state index contributed by atoms with van der Waals surface area (Å²) in [5.74, 6) is 2.46. The molecule has 1 aliphatic rings. The number of anilines is 4. The van der Waals surface area contributed by atoms with Crippen LogP contribution in [-0.4, -0.2) is 16.2 Å². The van der Waals surface area contributed by atoms with Crippen LogP contribution in [0.4, 0.5) is 22.7 Å². The Bertz CT molecular complexity index is 3080. The normalized spacial score (nSPS) is 13.8. The lowest BCUT2D eigenvalue weighted by atomic mass is 9.78. The summed E-state index contributed by atoms with van der Waals surface area (Å²) in [6.07, 6.45) is 1.94. The summed E-state index contributed by atoms with van der Waals surface area (Å²) < 4.78 is 9.18. The Morgan fingerprint density at radius 2 is 1.03 bits per heavy atom. The highest BCUT2D eigenvalue weighted by molar-refractivity contribution is 6.10. The molecule has 9 rings (SSSR count). The molecule has 8 aromatic rings. The molecule has 0 bridgehead atoms. The maximum atomic E-state index is 6.87. The minimum absolute atomic E-state index is 0.0131. The Balaban J connectivity index is 1.13. The van der Waals surface area contributed by atoms with Gasteiger partial charge in [-0.3, -0.25) is 4.57 Å². The van der Waals surface area contributed by atoms with E-state index in [9.17, 15) is 0 Å². The highest BCUT2D eigenvalue weighted by atomic mass is 16.5. The van der Waals surface area contributed by atoms with Crippen LogP contribution in [0.3, 0.4) is 0 Å². The van der Waals surface area contributed by atoms with Gasteiger partial charge in [-0.1, -0.05) is 152 Å².